The Morgan fingerprint density at radius 1 is 1.44 bits per heavy atom. The maximum atomic E-state index is 12.3. The molecule has 98 valence electrons. The van der Waals surface area contributed by atoms with Gasteiger partial charge in [0.25, 0.3) is 0 Å². The van der Waals surface area contributed by atoms with E-state index in [-0.39, 0.29) is 24.9 Å². The highest BCUT2D eigenvalue weighted by molar-refractivity contribution is 5.79. The van der Waals surface area contributed by atoms with Crippen molar-refractivity contribution in [2.75, 3.05) is 6.54 Å². The highest BCUT2D eigenvalue weighted by atomic mass is 19.4. The number of nitrogens with two attached hydrogens (primary N) is 1. The lowest BCUT2D eigenvalue weighted by Crippen LogP contribution is -2.27. The van der Waals surface area contributed by atoms with E-state index in [9.17, 15) is 18.0 Å². The predicted octanol–water partition coefficient (Wildman–Crippen LogP) is 1.16. The summed E-state index contributed by atoms with van der Waals surface area (Å²) < 4.78 is 36.9. The van der Waals surface area contributed by atoms with Crippen LogP contribution in [0.2, 0.25) is 0 Å². The van der Waals surface area contributed by atoms with E-state index in [0.717, 1.165) is 12.3 Å². The minimum atomic E-state index is -4.44. The average Bonchev–Trinajstić information content (AvgIpc) is 2.57. The molecule has 4 nitrogen and oxygen atoms in total. The van der Waals surface area contributed by atoms with E-state index in [2.05, 4.69) is 4.98 Å². The number of rotatable bonds is 2. The van der Waals surface area contributed by atoms with Crippen LogP contribution in [0, 0.1) is 0 Å². The van der Waals surface area contributed by atoms with Gasteiger partial charge < -0.3 is 10.6 Å². The van der Waals surface area contributed by atoms with Gasteiger partial charge in [0.2, 0.25) is 5.91 Å². The number of nitrogens with zero attached hydrogens (tertiary/aromatic N) is 2. The maximum absolute atomic E-state index is 12.3. The molecule has 0 aromatic carbocycles. The number of hydrogen-bond donors (Lipinski definition) is 1. The lowest BCUT2D eigenvalue weighted by atomic mass is 10.2. The standard InChI is InChI=1S/C11H12F3N3O/c12-11(13,14)9-2-1-7(4-16-9)5-17-6-8(15)3-10(17)18/h1-2,4,8H,3,5-6,15H2. The van der Waals surface area contributed by atoms with Gasteiger partial charge in [-0.1, -0.05) is 6.07 Å². The highest BCUT2D eigenvalue weighted by Gasteiger charge is 2.32. The Kier molecular flexibility index (Phi) is 3.25. The van der Waals surface area contributed by atoms with Gasteiger partial charge in [0, 0.05) is 31.7 Å². The molecule has 1 aromatic rings. The van der Waals surface area contributed by atoms with Crippen molar-refractivity contribution in [3.63, 3.8) is 0 Å². The molecule has 1 amide bonds. The smallest absolute Gasteiger partial charge is 0.337 e. The highest BCUT2D eigenvalue weighted by Crippen LogP contribution is 2.27. The fraction of sp³-hybridized carbons (Fsp3) is 0.455. The fourth-order valence-electron chi connectivity index (χ4n) is 1.86. The van der Waals surface area contributed by atoms with Crippen molar-refractivity contribution >= 4 is 5.91 Å². The molecule has 18 heavy (non-hydrogen) atoms. The zero-order valence-electron chi connectivity index (χ0n) is 9.44. The van der Waals surface area contributed by atoms with Crippen LogP contribution in [0.4, 0.5) is 13.2 Å². The molecule has 1 aliphatic rings. The average molecular weight is 259 g/mol. The van der Waals surface area contributed by atoms with E-state index < -0.39 is 11.9 Å². The Morgan fingerprint density at radius 3 is 2.61 bits per heavy atom. The first-order valence-electron chi connectivity index (χ1n) is 5.42. The number of alkyl halides is 3. The lowest BCUT2D eigenvalue weighted by Gasteiger charge is -2.16. The number of aromatic nitrogens is 1. The van der Waals surface area contributed by atoms with Gasteiger partial charge in [-0.05, 0) is 11.6 Å². The Morgan fingerprint density at radius 2 is 2.17 bits per heavy atom. The first kappa shape index (κ1) is 12.8. The molecule has 2 N–H and O–H groups in total. The third-order valence-electron chi connectivity index (χ3n) is 2.73. The predicted molar refractivity (Wildman–Crippen MR) is 57.2 cm³/mol. The van der Waals surface area contributed by atoms with Crippen LogP contribution in [0.25, 0.3) is 0 Å². The first-order chi connectivity index (χ1) is 8.36. The summed E-state index contributed by atoms with van der Waals surface area (Å²) in [5.41, 5.74) is 5.25. The van der Waals surface area contributed by atoms with Gasteiger partial charge in [-0.2, -0.15) is 13.2 Å². The second-order valence-corrected chi connectivity index (χ2v) is 4.29. The molecular weight excluding hydrogens is 247 g/mol. The van der Waals surface area contributed by atoms with Crippen LogP contribution in [0.5, 0.6) is 0 Å². The Balaban J connectivity index is 2.05. The second kappa shape index (κ2) is 4.56. The van der Waals surface area contributed by atoms with Crippen molar-refractivity contribution in [2.24, 2.45) is 5.73 Å². The molecule has 1 aromatic heterocycles. The monoisotopic (exact) mass is 259 g/mol. The van der Waals surface area contributed by atoms with Crippen molar-refractivity contribution in [2.45, 2.75) is 25.2 Å². The molecule has 0 spiro atoms. The molecule has 7 heteroatoms. The minimum absolute atomic E-state index is 0.0811. The van der Waals surface area contributed by atoms with Crippen molar-refractivity contribution in [3.05, 3.63) is 29.6 Å². The van der Waals surface area contributed by atoms with Gasteiger partial charge >= 0.3 is 6.18 Å². The normalized spacial score (nSPS) is 20.6. The number of amides is 1. The number of hydrogen-bond acceptors (Lipinski definition) is 3. The van der Waals surface area contributed by atoms with Crippen LogP contribution >= 0.6 is 0 Å². The quantitative estimate of drug-likeness (QED) is 0.867. The van der Waals surface area contributed by atoms with Crippen molar-refractivity contribution < 1.29 is 18.0 Å². The van der Waals surface area contributed by atoms with Gasteiger partial charge in [-0.3, -0.25) is 9.78 Å². The van der Waals surface area contributed by atoms with Crippen LogP contribution in [0.3, 0.4) is 0 Å². The van der Waals surface area contributed by atoms with Crippen molar-refractivity contribution in [1.29, 1.82) is 0 Å². The number of likely N-dealkylation sites (tertiary alicyclic amines) is 1. The molecule has 0 radical (unpaired) electrons. The molecule has 0 saturated carbocycles. The lowest BCUT2D eigenvalue weighted by molar-refractivity contribution is -0.141. The third kappa shape index (κ3) is 2.79. The van der Waals surface area contributed by atoms with Gasteiger partial charge in [0.1, 0.15) is 5.69 Å². The summed E-state index contributed by atoms with van der Waals surface area (Å²) in [6.45, 7) is 0.678. The van der Waals surface area contributed by atoms with E-state index in [1.54, 1.807) is 0 Å². The Hall–Kier alpha value is -1.63. The maximum Gasteiger partial charge on any atom is 0.433 e. The Labute approximate surface area is 102 Å². The van der Waals surface area contributed by atoms with Gasteiger partial charge in [0.15, 0.2) is 0 Å². The second-order valence-electron chi connectivity index (χ2n) is 4.29. The number of carbonyl (C=O) groups excluding carboxylic acids is 1. The number of pyridine rings is 1. The van der Waals surface area contributed by atoms with Crippen molar-refractivity contribution in [1.82, 2.24) is 9.88 Å². The first-order valence-corrected chi connectivity index (χ1v) is 5.42. The summed E-state index contributed by atoms with van der Waals surface area (Å²) in [7, 11) is 0. The minimum Gasteiger partial charge on any atom is -0.337 e. The van der Waals surface area contributed by atoms with E-state index in [0.29, 0.717) is 12.1 Å². The summed E-state index contributed by atoms with van der Waals surface area (Å²) in [4.78, 5) is 16.3. The van der Waals surface area contributed by atoms with E-state index >= 15 is 0 Å². The summed E-state index contributed by atoms with van der Waals surface area (Å²) in [6.07, 6.45) is -3.02. The third-order valence-corrected chi connectivity index (χ3v) is 2.73. The molecule has 0 bridgehead atoms. The van der Waals surface area contributed by atoms with E-state index in [4.69, 9.17) is 5.73 Å². The number of halogens is 3. The summed E-state index contributed by atoms with van der Waals surface area (Å²) >= 11 is 0. The van der Waals surface area contributed by atoms with E-state index in [1.807, 2.05) is 0 Å². The van der Waals surface area contributed by atoms with Crippen LogP contribution in [-0.2, 0) is 17.5 Å². The van der Waals surface area contributed by atoms with Gasteiger partial charge in [-0.25, -0.2) is 0 Å². The Bertz CT molecular complexity index is 444. The molecule has 1 fully saturated rings. The summed E-state index contributed by atoms with van der Waals surface area (Å²) in [6, 6.07) is 2.04. The van der Waals surface area contributed by atoms with Gasteiger partial charge in [0.05, 0.1) is 0 Å². The van der Waals surface area contributed by atoms with E-state index in [1.165, 1.54) is 11.0 Å². The molecular formula is C11H12F3N3O. The molecule has 1 aliphatic heterocycles. The summed E-state index contributed by atoms with van der Waals surface area (Å²) in [5.74, 6) is -0.0811. The molecule has 2 heterocycles. The van der Waals surface area contributed by atoms with Crippen LogP contribution in [-0.4, -0.2) is 28.4 Å². The fourth-order valence-corrected chi connectivity index (χ4v) is 1.86. The zero-order chi connectivity index (χ0) is 13.3. The van der Waals surface area contributed by atoms with Crippen LogP contribution < -0.4 is 5.73 Å². The van der Waals surface area contributed by atoms with Crippen LogP contribution in [0.1, 0.15) is 17.7 Å². The van der Waals surface area contributed by atoms with Crippen LogP contribution in [0.15, 0.2) is 18.3 Å². The molecule has 1 unspecified atom stereocenters. The topological polar surface area (TPSA) is 59.2 Å². The number of carbonyl (C=O) groups is 1. The largest absolute Gasteiger partial charge is 0.433 e. The summed E-state index contributed by atoms with van der Waals surface area (Å²) in [5, 5.41) is 0. The van der Waals surface area contributed by atoms with Crippen molar-refractivity contribution in [3.8, 4) is 0 Å². The molecule has 1 saturated heterocycles. The zero-order valence-corrected chi connectivity index (χ0v) is 9.44. The molecule has 0 aliphatic carbocycles. The molecule has 1 atom stereocenters. The van der Waals surface area contributed by atoms with Gasteiger partial charge in [-0.15, -0.1) is 0 Å². The molecule has 2 rings (SSSR count). The SMILES string of the molecule is NC1CC(=O)N(Cc2ccc(C(F)(F)F)nc2)C1.